The molecule has 2 heterocycles. The van der Waals surface area contributed by atoms with Gasteiger partial charge in [0.1, 0.15) is 18.7 Å². The van der Waals surface area contributed by atoms with Gasteiger partial charge in [0.25, 0.3) is 0 Å². The fourth-order valence-corrected chi connectivity index (χ4v) is 2.59. The van der Waals surface area contributed by atoms with E-state index >= 15 is 0 Å². The van der Waals surface area contributed by atoms with Gasteiger partial charge in [0.05, 0.1) is 13.2 Å². The van der Waals surface area contributed by atoms with Crippen molar-refractivity contribution in [3.05, 3.63) is 12.7 Å². The highest BCUT2D eigenvalue weighted by Gasteiger charge is 2.25. The minimum Gasteiger partial charge on any atom is -0.379 e. The maximum Gasteiger partial charge on any atom is 0.244 e. The van der Waals surface area contributed by atoms with Gasteiger partial charge in [-0.2, -0.15) is 5.10 Å². The van der Waals surface area contributed by atoms with Crippen molar-refractivity contribution >= 4 is 5.91 Å². The fraction of sp³-hybridized carbons (Fsp3) is 0.786. The van der Waals surface area contributed by atoms with Gasteiger partial charge < -0.3 is 10.1 Å². The molecule has 0 spiro atoms. The minimum atomic E-state index is -0.343. The molecule has 0 unspecified atom stereocenters. The van der Waals surface area contributed by atoms with Crippen molar-refractivity contribution in [3.63, 3.8) is 0 Å². The number of nitrogens with one attached hydrogen (secondary N) is 1. The van der Waals surface area contributed by atoms with E-state index in [1.807, 2.05) is 6.92 Å². The zero-order valence-corrected chi connectivity index (χ0v) is 13.0. The Balaban J connectivity index is 1.87. The van der Waals surface area contributed by atoms with Crippen LogP contribution in [0.25, 0.3) is 0 Å². The molecule has 7 nitrogen and oxygen atoms in total. The van der Waals surface area contributed by atoms with Crippen LogP contribution < -0.4 is 5.32 Å². The first-order valence-electron chi connectivity index (χ1n) is 7.53. The molecule has 1 fully saturated rings. The summed E-state index contributed by atoms with van der Waals surface area (Å²) in [5, 5.41) is 7.05. The summed E-state index contributed by atoms with van der Waals surface area (Å²) in [5.74, 6) is 0.449. The number of carbonyl (C=O) groups is 1. The molecule has 0 saturated carbocycles. The number of aromatic nitrogens is 3. The van der Waals surface area contributed by atoms with Crippen molar-refractivity contribution in [2.75, 3.05) is 32.8 Å². The monoisotopic (exact) mass is 295 g/mol. The molecule has 1 aliphatic rings. The molecule has 2 atom stereocenters. The Morgan fingerprint density at radius 3 is 2.62 bits per heavy atom. The van der Waals surface area contributed by atoms with Crippen LogP contribution in [-0.2, 0) is 9.53 Å². The minimum absolute atomic E-state index is 0.0283. The summed E-state index contributed by atoms with van der Waals surface area (Å²) in [6.45, 7) is 10.2. The summed E-state index contributed by atoms with van der Waals surface area (Å²) < 4.78 is 6.96. The van der Waals surface area contributed by atoms with Crippen LogP contribution in [0.15, 0.2) is 12.7 Å². The Bertz CT molecular complexity index is 429. The normalized spacial score (nSPS) is 19.4. The van der Waals surface area contributed by atoms with E-state index in [0.29, 0.717) is 18.5 Å². The van der Waals surface area contributed by atoms with Gasteiger partial charge in [-0.1, -0.05) is 13.8 Å². The Labute approximate surface area is 125 Å². The number of ether oxygens (including phenoxy) is 1. The summed E-state index contributed by atoms with van der Waals surface area (Å²) in [5.41, 5.74) is 0. The zero-order valence-electron chi connectivity index (χ0n) is 13.0. The SMILES string of the molecule is CC(C)[C@H](CNC(=O)[C@@H](C)n1cncn1)N1CCOCC1. The highest BCUT2D eigenvalue weighted by Crippen LogP contribution is 2.12. The number of hydrogen-bond donors (Lipinski definition) is 1. The molecule has 0 radical (unpaired) electrons. The molecule has 0 bridgehead atoms. The number of carbonyl (C=O) groups excluding carboxylic acids is 1. The van der Waals surface area contributed by atoms with E-state index in [1.165, 1.54) is 6.33 Å². The summed E-state index contributed by atoms with van der Waals surface area (Å²) in [4.78, 5) is 18.5. The summed E-state index contributed by atoms with van der Waals surface area (Å²) in [6, 6.07) is -0.00852. The molecule has 7 heteroatoms. The molecule has 118 valence electrons. The molecule has 1 saturated heterocycles. The summed E-state index contributed by atoms with van der Waals surface area (Å²) in [6.07, 6.45) is 3.00. The van der Waals surface area contributed by atoms with E-state index in [1.54, 1.807) is 11.0 Å². The van der Waals surface area contributed by atoms with Crippen molar-refractivity contribution in [3.8, 4) is 0 Å². The van der Waals surface area contributed by atoms with Gasteiger partial charge in [0.2, 0.25) is 5.91 Å². The molecule has 1 amide bonds. The fourth-order valence-electron chi connectivity index (χ4n) is 2.59. The van der Waals surface area contributed by atoms with Gasteiger partial charge in [-0.3, -0.25) is 9.69 Å². The first-order chi connectivity index (χ1) is 10.1. The third-order valence-electron chi connectivity index (χ3n) is 3.98. The average molecular weight is 295 g/mol. The molecule has 1 aliphatic heterocycles. The molecule has 1 aromatic rings. The zero-order chi connectivity index (χ0) is 15.2. The third kappa shape index (κ3) is 4.25. The van der Waals surface area contributed by atoms with Crippen LogP contribution in [0.3, 0.4) is 0 Å². The Morgan fingerprint density at radius 1 is 1.33 bits per heavy atom. The standard InChI is InChI=1S/C14H25N5O2/c1-11(2)13(18-4-6-21-7-5-18)8-16-14(20)12(3)19-10-15-9-17-19/h9-13H,4-8H2,1-3H3,(H,16,20)/t12-,13+/m1/s1. The number of amides is 1. The number of hydrogen-bond acceptors (Lipinski definition) is 5. The molecule has 1 N–H and O–H groups in total. The smallest absolute Gasteiger partial charge is 0.244 e. The largest absolute Gasteiger partial charge is 0.379 e. The summed E-state index contributed by atoms with van der Waals surface area (Å²) >= 11 is 0. The van der Waals surface area contributed by atoms with Gasteiger partial charge in [-0.15, -0.1) is 0 Å². The molecular formula is C14H25N5O2. The number of rotatable bonds is 6. The van der Waals surface area contributed by atoms with E-state index < -0.39 is 0 Å². The molecule has 0 aromatic carbocycles. The average Bonchev–Trinajstić information content (AvgIpc) is 3.01. The highest BCUT2D eigenvalue weighted by atomic mass is 16.5. The van der Waals surface area contributed by atoms with Crippen LogP contribution in [0.5, 0.6) is 0 Å². The van der Waals surface area contributed by atoms with Gasteiger partial charge >= 0.3 is 0 Å². The van der Waals surface area contributed by atoms with E-state index in [-0.39, 0.29) is 11.9 Å². The lowest BCUT2D eigenvalue weighted by atomic mass is 10.0. The van der Waals surface area contributed by atoms with Crippen LogP contribution in [-0.4, -0.2) is 64.5 Å². The quantitative estimate of drug-likeness (QED) is 0.818. The van der Waals surface area contributed by atoms with Crippen LogP contribution >= 0.6 is 0 Å². The maximum atomic E-state index is 12.2. The van der Waals surface area contributed by atoms with E-state index in [4.69, 9.17) is 4.74 Å². The predicted molar refractivity (Wildman–Crippen MR) is 78.8 cm³/mol. The Hall–Kier alpha value is -1.47. The molecule has 21 heavy (non-hydrogen) atoms. The van der Waals surface area contributed by atoms with Crippen molar-refractivity contribution < 1.29 is 9.53 Å². The molecule has 1 aromatic heterocycles. The Morgan fingerprint density at radius 2 is 2.05 bits per heavy atom. The predicted octanol–water partition coefficient (Wildman–Crippen LogP) is 0.312. The lowest BCUT2D eigenvalue weighted by Gasteiger charge is -2.37. The molecule has 2 rings (SSSR count). The number of morpholine rings is 1. The van der Waals surface area contributed by atoms with E-state index in [0.717, 1.165) is 26.3 Å². The van der Waals surface area contributed by atoms with Crippen LogP contribution in [0, 0.1) is 5.92 Å². The molecular weight excluding hydrogens is 270 g/mol. The van der Waals surface area contributed by atoms with Crippen molar-refractivity contribution in [2.45, 2.75) is 32.9 Å². The summed E-state index contributed by atoms with van der Waals surface area (Å²) in [7, 11) is 0. The van der Waals surface area contributed by atoms with Crippen LogP contribution in [0.2, 0.25) is 0 Å². The number of nitrogens with zero attached hydrogens (tertiary/aromatic N) is 4. The lowest BCUT2D eigenvalue weighted by Crippen LogP contribution is -2.51. The van der Waals surface area contributed by atoms with Gasteiger partial charge in [-0.25, -0.2) is 9.67 Å². The second kappa shape index (κ2) is 7.51. The van der Waals surface area contributed by atoms with E-state index in [9.17, 15) is 4.79 Å². The van der Waals surface area contributed by atoms with Crippen LogP contribution in [0.4, 0.5) is 0 Å². The van der Waals surface area contributed by atoms with Crippen LogP contribution in [0.1, 0.15) is 26.8 Å². The Kier molecular flexibility index (Phi) is 5.69. The topological polar surface area (TPSA) is 72.3 Å². The molecule has 0 aliphatic carbocycles. The second-order valence-electron chi connectivity index (χ2n) is 5.76. The van der Waals surface area contributed by atoms with Crippen molar-refractivity contribution in [1.29, 1.82) is 0 Å². The van der Waals surface area contributed by atoms with Crippen molar-refractivity contribution in [2.24, 2.45) is 5.92 Å². The third-order valence-corrected chi connectivity index (χ3v) is 3.98. The highest BCUT2D eigenvalue weighted by molar-refractivity contribution is 5.79. The lowest BCUT2D eigenvalue weighted by molar-refractivity contribution is -0.124. The van der Waals surface area contributed by atoms with Crippen molar-refractivity contribution in [1.82, 2.24) is 25.0 Å². The first kappa shape index (κ1) is 15.9. The second-order valence-corrected chi connectivity index (χ2v) is 5.76. The van der Waals surface area contributed by atoms with Gasteiger partial charge in [0, 0.05) is 25.7 Å². The maximum absolute atomic E-state index is 12.2. The first-order valence-corrected chi connectivity index (χ1v) is 7.53. The van der Waals surface area contributed by atoms with Gasteiger partial charge in [-0.05, 0) is 12.8 Å². The van der Waals surface area contributed by atoms with E-state index in [2.05, 4.69) is 34.1 Å². The van der Waals surface area contributed by atoms with Gasteiger partial charge in [0.15, 0.2) is 0 Å².